The fraction of sp³-hybridized carbons (Fsp3) is 0.455. The van der Waals surface area contributed by atoms with Gasteiger partial charge in [0.2, 0.25) is 5.91 Å². The highest BCUT2D eigenvalue weighted by Crippen LogP contribution is 2.31. The van der Waals surface area contributed by atoms with Crippen LogP contribution in [-0.2, 0) is 4.79 Å². The van der Waals surface area contributed by atoms with Crippen LogP contribution in [0, 0.1) is 0 Å². The minimum absolute atomic E-state index is 0.0654. The van der Waals surface area contributed by atoms with Crippen LogP contribution in [0.4, 0.5) is 5.69 Å². The molecule has 3 nitrogen and oxygen atoms in total. The lowest BCUT2D eigenvalue weighted by Gasteiger charge is -2.17. The van der Waals surface area contributed by atoms with Gasteiger partial charge in [0.05, 0.1) is 11.4 Å². The van der Waals surface area contributed by atoms with E-state index in [1.54, 1.807) is 0 Å². The van der Waals surface area contributed by atoms with E-state index < -0.39 is 0 Å². The number of hydrogen-bond donors (Lipinski definition) is 1. The summed E-state index contributed by atoms with van der Waals surface area (Å²) < 4.78 is 0. The number of aromatic nitrogens is 1. The average Bonchev–Trinajstić information content (AvgIpc) is 2.27. The van der Waals surface area contributed by atoms with Gasteiger partial charge in [-0.15, -0.1) is 0 Å². The Morgan fingerprint density at radius 3 is 3.20 bits per heavy atom. The van der Waals surface area contributed by atoms with Crippen molar-refractivity contribution in [3.63, 3.8) is 0 Å². The lowest BCUT2D eigenvalue weighted by Crippen LogP contribution is -2.19. The second kappa shape index (κ2) is 4.23. The number of hydrogen-bond acceptors (Lipinski definition) is 3. The standard InChI is InChI=1S/C11H14N2OS/c1-3-7(2)8-4-9-11(12-5-8)15-6-10(14)13-9/h4-5,7H,3,6H2,1-2H3,(H,13,14). The van der Waals surface area contributed by atoms with Crippen LogP contribution >= 0.6 is 11.8 Å². The van der Waals surface area contributed by atoms with Crippen molar-refractivity contribution in [2.75, 3.05) is 11.1 Å². The van der Waals surface area contributed by atoms with Crippen LogP contribution < -0.4 is 5.32 Å². The van der Waals surface area contributed by atoms with Gasteiger partial charge in [-0.2, -0.15) is 0 Å². The molecule has 0 aromatic carbocycles. The molecule has 1 aromatic heterocycles. The van der Waals surface area contributed by atoms with Crippen molar-refractivity contribution < 1.29 is 4.79 Å². The topological polar surface area (TPSA) is 42.0 Å². The van der Waals surface area contributed by atoms with E-state index in [1.165, 1.54) is 17.3 Å². The summed E-state index contributed by atoms with van der Waals surface area (Å²) in [6, 6.07) is 2.04. The summed E-state index contributed by atoms with van der Waals surface area (Å²) in [6.45, 7) is 4.32. The Bertz CT molecular complexity index is 392. The van der Waals surface area contributed by atoms with Crippen LogP contribution in [0.3, 0.4) is 0 Å². The van der Waals surface area contributed by atoms with Crippen LogP contribution in [-0.4, -0.2) is 16.6 Å². The Labute approximate surface area is 93.7 Å². The zero-order valence-corrected chi connectivity index (χ0v) is 9.73. The first kappa shape index (κ1) is 10.5. The Balaban J connectivity index is 2.32. The van der Waals surface area contributed by atoms with Crippen molar-refractivity contribution in [3.05, 3.63) is 17.8 Å². The summed E-state index contributed by atoms with van der Waals surface area (Å²) in [5.74, 6) is 1.03. The Hall–Kier alpha value is -1.03. The number of amides is 1. The molecule has 1 aliphatic rings. The van der Waals surface area contributed by atoms with Crippen LogP contribution in [0.1, 0.15) is 31.7 Å². The molecule has 2 rings (SSSR count). The largest absolute Gasteiger partial charge is 0.323 e. The molecule has 0 bridgehead atoms. The molecule has 4 heteroatoms. The minimum Gasteiger partial charge on any atom is -0.323 e. The second-order valence-corrected chi connectivity index (χ2v) is 4.73. The van der Waals surface area contributed by atoms with Gasteiger partial charge in [0.15, 0.2) is 0 Å². The van der Waals surface area contributed by atoms with Gasteiger partial charge < -0.3 is 5.32 Å². The number of anilines is 1. The number of nitrogens with zero attached hydrogens (tertiary/aromatic N) is 1. The first-order valence-electron chi connectivity index (χ1n) is 5.13. The highest BCUT2D eigenvalue weighted by molar-refractivity contribution is 8.00. The first-order chi connectivity index (χ1) is 7.20. The molecule has 0 saturated heterocycles. The summed E-state index contributed by atoms with van der Waals surface area (Å²) in [7, 11) is 0. The molecule has 0 spiro atoms. The Morgan fingerprint density at radius 1 is 1.67 bits per heavy atom. The summed E-state index contributed by atoms with van der Waals surface area (Å²) in [4.78, 5) is 15.6. The molecule has 1 N–H and O–H groups in total. The smallest absolute Gasteiger partial charge is 0.234 e. The maximum Gasteiger partial charge on any atom is 0.234 e. The third-order valence-corrected chi connectivity index (χ3v) is 3.67. The van der Waals surface area contributed by atoms with Crippen LogP contribution in [0.2, 0.25) is 0 Å². The van der Waals surface area contributed by atoms with Crippen LogP contribution in [0.15, 0.2) is 17.3 Å². The van der Waals surface area contributed by atoms with Crippen LogP contribution in [0.25, 0.3) is 0 Å². The molecular formula is C11H14N2OS. The quantitative estimate of drug-likeness (QED) is 0.836. The minimum atomic E-state index is 0.0654. The molecule has 0 fully saturated rings. The molecule has 1 aliphatic heterocycles. The normalized spacial score (nSPS) is 16.8. The van der Waals surface area contributed by atoms with E-state index in [2.05, 4.69) is 24.1 Å². The molecule has 0 radical (unpaired) electrons. The number of rotatable bonds is 2. The summed E-state index contributed by atoms with van der Waals surface area (Å²) in [5, 5.41) is 3.79. The van der Waals surface area contributed by atoms with E-state index >= 15 is 0 Å². The van der Waals surface area contributed by atoms with Gasteiger partial charge in [-0.25, -0.2) is 4.98 Å². The fourth-order valence-corrected chi connectivity index (χ4v) is 2.23. The van der Waals surface area contributed by atoms with E-state index in [0.29, 0.717) is 11.7 Å². The molecule has 0 aliphatic carbocycles. The number of carbonyl (C=O) groups excluding carboxylic acids is 1. The van der Waals surface area contributed by atoms with Crippen molar-refractivity contribution in [3.8, 4) is 0 Å². The first-order valence-corrected chi connectivity index (χ1v) is 6.12. The molecule has 15 heavy (non-hydrogen) atoms. The van der Waals surface area contributed by atoms with E-state index in [9.17, 15) is 4.79 Å². The highest BCUT2D eigenvalue weighted by atomic mass is 32.2. The summed E-state index contributed by atoms with van der Waals surface area (Å²) in [6.07, 6.45) is 3.00. The molecule has 1 atom stereocenters. The molecular weight excluding hydrogens is 208 g/mol. The van der Waals surface area contributed by atoms with Gasteiger partial charge in [-0.05, 0) is 24.0 Å². The summed E-state index contributed by atoms with van der Waals surface area (Å²) in [5.41, 5.74) is 2.06. The molecule has 0 saturated carbocycles. The van der Waals surface area contributed by atoms with Crippen molar-refractivity contribution in [1.29, 1.82) is 0 Å². The lowest BCUT2D eigenvalue weighted by molar-refractivity contribution is -0.113. The van der Waals surface area contributed by atoms with Gasteiger partial charge in [-0.3, -0.25) is 4.79 Å². The van der Waals surface area contributed by atoms with E-state index in [1.807, 2.05) is 12.3 Å². The predicted molar refractivity (Wildman–Crippen MR) is 62.3 cm³/mol. The SMILES string of the molecule is CCC(C)c1cnc2c(c1)NC(=O)CS2. The Morgan fingerprint density at radius 2 is 2.47 bits per heavy atom. The summed E-state index contributed by atoms with van der Waals surface area (Å²) >= 11 is 1.50. The number of carbonyl (C=O) groups is 1. The highest BCUT2D eigenvalue weighted by Gasteiger charge is 2.17. The number of fused-ring (bicyclic) bond motifs is 1. The Kier molecular flexibility index (Phi) is 2.95. The zero-order chi connectivity index (χ0) is 10.8. The number of nitrogens with one attached hydrogen (secondary N) is 1. The molecule has 1 amide bonds. The number of thioether (sulfide) groups is 1. The maximum atomic E-state index is 11.2. The average molecular weight is 222 g/mol. The second-order valence-electron chi connectivity index (χ2n) is 3.77. The third kappa shape index (κ3) is 2.15. The molecule has 2 heterocycles. The van der Waals surface area contributed by atoms with Gasteiger partial charge in [-0.1, -0.05) is 25.6 Å². The lowest BCUT2D eigenvalue weighted by atomic mass is 10.0. The van der Waals surface area contributed by atoms with E-state index in [4.69, 9.17) is 0 Å². The molecule has 1 aromatic rings. The molecule has 80 valence electrons. The van der Waals surface area contributed by atoms with Crippen molar-refractivity contribution in [2.24, 2.45) is 0 Å². The number of pyridine rings is 1. The third-order valence-electron chi connectivity index (χ3n) is 2.67. The fourth-order valence-electron chi connectivity index (χ4n) is 1.50. The van der Waals surface area contributed by atoms with Crippen molar-refractivity contribution >= 4 is 23.4 Å². The van der Waals surface area contributed by atoms with Crippen molar-refractivity contribution in [2.45, 2.75) is 31.2 Å². The predicted octanol–water partition coefficient (Wildman–Crippen LogP) is 2.64. The van der Waals surface area contributed by atoms with Gasteiger partial charge >= 0.3 is 0 Å². The van der Waals surface area contributed by atoms with Crippen LogP contribution in [0.5, 0.6) is 0 Å². The maximum absolute atomic E-state index is 11.2. The van der Waals surface area contributed by atoms with E-state index in [0.717, 1.165) is 17.1 Å². The monoisotopic (exact) mass is 222 g/mol. The van der Waals surface area contributed by atoms with Crippen molar-refractivity contribution in [1.82, 2.24) is 4.98 Å². The van der Waals surface area contributed by atoms with E-state index in [-0.39, 0.29) is 5.91 Å². The van der Waals surface area contributed by atoms with Gasteiger partial charge in [0.1, 0.15) is 5.03 Å². The zero-order valence-electron chi connectivity index (χ0n) is 8.91. The van der Waals surface area contributed by atoms with Gasteiger partial charge in [0.25, 0.3) is 0 Å². The molecule has 1 unspecified atom stereocenters. The van der Waals surface area contributed by atoms with Gasteiger partial charge in [0, 0.05) is 6.20 Å².